The van der Waals surface area contributed by atoms with Gasteiger partial charge in [-0.15, -0.1) is 11.1 Å². The van der Waals surface area contributed by atoms with Gasteiger partial charge in [0.05, 0.1) is 27.7 Å². The predicted molar refractivity (Wildman–Crippen MR) is 275 cm³/mol. The quantitative estimate of drug-likeness (QED) is 0.0723. The van der Waals surface area contributed by atoms with E-state index in [0.29, 0.717) is 71.9 Å². The van der Waals surface area contributed by atoms with Crippen LogP contribution >= 0.6 is 0 Å². The second kappa shape index (κ2) is 15.7. The fourth-order valence-corrected chi connectivity index (χ4v) is 22.2. The summed E-state index contributed by atoms with van der Waals surface area (Å²) in [4.78, 5) is 32.6. The van der Waals surface area contributed by atoms with Gasteiger partial charge in [-0.3, -0.25) is 9.20 Å². The first-order valence-corrected chi connectivity index (χ1v) is 27.4. The monoisotopic (exact) mass is 858 g/mol. The molecule has 316 valence electrons. The standard InChI is InChI=1S/C56H58N4OSi2/c1-33(2)62(34(3)4,35(5)6)31-29-47-51-52(58-50-44-26-18-14-22-40(44)39-21-13-17-25-43(39)49(50)57-51)48(30-32-63(36(7)8,37(9)10)38(11)12)54-53(47)59-55-45-27-19-15-23-41(45)42-24-16-20-28-46(42)56(61)60(54)55/h13-28,33-38H,1-12H3. The molecule has 9 rings (SSSR count). The lowest BCUT2D eigenvalue weighted by Crippen LogP contribution is -2.43. The number of fused-ring (bicyclic) bond motifs is 14. The van der Waals surface area contributed by atoms with Crippen molar-refractivity contribution in [3.05, 3.63) is 119 Å². The van der Waals surface area contributed by atoms with E-state index in [4.69, 9.17) is 15.0 Å². The molecule has 0 aliphatic heterocycles. The number of rotatable bonds is 6. The molecule has 5 nitrogen and oxygen atoms in total. The van der Waals surface area contributed by atoms with Gasteiger partial charge in [0.25, 0.3) is 5.56 Å². The average Bonchev–Trinajstić information content (AvgIpc) is 3.62. The Morgan fingerprint density at radius 1 is 0.397 bits per heavy atom. The van der Waals surface area contributed by atoms with Gasteiger partial charge in [0, 0.05) is 21.5 Å². The lowest BCUT2D eigenvalue weighted by atomic mass is 9.98. The van der Waals surface area contributed by atoms with E-state index in [2.05, 4.69) is 167 Å². The van der Waals surface area contributed by atoms with E-state index in [1.54, 1.807) is 0 Å². The molecule has 0 saturated heterocycles. The molecule has 3 heterocycles. The van der Waals surface area contributed by atoms with E-state index >= 15 is 4.79 Å². The van der Waals surface area contributed by atoms with Gasteiger partial charge in [0.15, 0.2) is 0 Å². The molecule has 0 bridgehead atoms. The molecule has 0 saturated carbocycles. The third-order valence-corrected chi connectivity index (χ3v) is 27.3. The van der Waals surface area contributed by atoms with Crippen LogP contribution in [0, 0.1) is 22.9 Å². The van der Waals surface area contributed by atoms with Crippen LogP contribution in [0.25, 0.3) is 81.8 Å². The van der Waals surface area contributed by atoms with Gasteiger partial charge >= 0.3 is 0 Å². The molecule has 0 radical (unpaired) electrons. The van der Waals surface area contributed by atoms with Gasteiger partial charge in [-0.05, 0) is 60.9 Å². The van der Waals surface area contributed by atoms with E-state index in [1.165, 1.54) is 0 Å². The van der Waals surface area contributed by atoms with Gasteiger partial charge in [-0.2, -0.15) is 0 Å². The van der Waals surface area contributed by atoms with E-state index in [9.17, 15) is 0 Å². The Hall–Kier alpha value is -5.87. The van der Waals surface area contributed by atoms with Crippen LogP contribution in [0.1, 0.15) is 94.2 Å². The van der Waals surface area contributed by atoms with Crippen molar-refractivity contribution in [2.45, 2.75) is 116 Å². The van der Waals surface area contributed by atoms with Crippen LogP contribution in [-0.2, 0) is 0 Å². The molecule has 0 unspecified atom stereocenters. The molecular weight excluding hydrogens is 801 g/mol. The number of aromatic nitrogens is 4. The molecule has 63 heavy (non-hydrogen) atoms. The lowest BCUT2D eigenvalue weighted by molar-refractivity contribution is 0.838. The molecule has 9 aromatic rings. The molecule has 7 heteroatoms. The van der Waals surface area contributed by atoms with Gasteiger partial charge in [0.2, 0.25) is 0 Å². The molecule has 0 N–H and O–H groups in total. The topological polar surface area (TPSA) is 60.2 Å². The summed E-state index contributed by atoms with van der Waals surface area (Å²) in [6, 6.07) is 33.2. The fourth-order valence-electron chi connectivity index (χ4n) is 11.8. The number of hydrogen-bond donors (Lipinski definition) is 0. The summed E-state index contributed by atoms with van der Waals surface area (Å²) in [7, 11) is -4.60. The van der Waals surface area contributed by atoms with Crippen LogP contribution in [0.15, 0.2) is 102 Å². The molecule has 0 aliphatic carbocycles. The summed E-state index contributed by atoms with van der Waals surface area (Å²) in [6.45, 7) is 28.1. The maximum atomic E-state index is 15.5. The Labute approximate surface area is 373 Å². The number of nitrogens with zero attached hydrogens (tertiary/aromatic N) is 4. The fraction of sp³-hybridized carbons (Fsp3) is 0.321. The van der Waals surface area contributed by atoms with Crippen molar-refractivity contribution in [1.82, 2.24) is 19.4 Å². The van der Waals surface area contributed by atoms with Crippen LogP contribution in [0.3, 0.4) is 0 Å². The third-order valence-electron chi connectivity index (χ3n) is 14.7. The van der Waals surface area contributed by atoms with Crippen LogP contribution in [0.2, 0.25) is 33.2 Å². The van der Waals surface area contributed by atoms with Gasteiger partial charge in [-0.25, -0.2) is 15.0 Å². The van der Waals surface area contributed by atoms with Crippen LogP contribution in [0.5, 0.6) is 0 Å². The van der Waals surface area contributed by atoms with Crippen molar-refractivity contribution in [2.75, 3.05) is 0 Å². The second-order valence-electron chi connectivity index (χ2n) is 19.6. The highest BCUT2D eigenvalue weighted by molar-refractivity contribution is 6.91. The Balaban J connectivity index is 1.64. The Morgan fingerprint density at radius 3 is 1.16 bits per heavy atom. The average molecular weight is 859 g/mol. The Morgan fingerprint density at radius 2 is 0.730 bits per heavy atom. The normalized spacial score (nSPS) is 12.8. The molecule has 3 aromatic heterocycles. The lowest BCUT2D eigenvalue weighted by Gasteiger charge is -2.38. The Kier molecular flexibility index (Phi) is 10.6. The third kappa shape index (κ3) is 6.26. The van der Waals surface area contributed by atoms with E-state index < -0.39 is 16.1 Å². The minimum atomic E-state index is -2.31. The highest BCUT2D eigenvalue weighted by Crippen LogP contribution is 2.44. The van der Waals surface area contributed by atoms with Gasteiger partial charge in [-0.1, -0.05) is 186 Å². The van der Waals surface area contributed by atoms with Crippen molar-refractivity contribution in [3.63, 3.8) is 0 Å². The summed E-state index contributed by atoms with van der Waals surface area (Å²) in [5.74, 6) is 7.79. The molecule has 0 aliphatic rings. The van der Waals surface area contributed by atoms with Crippen molar-refractivity contribution in [3.8, 4) is 22.9 Å². The van der Waals surface area contributed by atoms with Gasteiger partial charge in [0.1, 0.15) is 38.3 Å². The smallest absolute Gasteiger partial charge is 0.264 e. The first-order chi connectivity index (χ1) is 30.1. The van der Waals surface area contributed by atoms with Crippen molar-refractivity contribution in [1.29, 1.82) is 0 Å². The summed E-state index contributed by atoms with van der Waals surface area (Å²) < 4.78 is 1.85. The molecule has 6 aromatic carbocycles. The molecule has 0 fully saturated rings. The largest absolute Gasteiger partial charge is 0.268 e. The zero-order chi connectivity index (χ0) is 44.7. The van der Waals surface area contributed by atoms with E-state index in [-0.39, 0.29) is 5.56 Å². The summed E-state index contributed by atoms with van der Waals surface area (Å²) in [5, 5.41) is 7.69. The predicted octanol–water partition coefficient (Wildman–Crippen LogP) is 14.7. The minimum Gasteiger partial charge on any atom is -0.268 e. The number of imidazole rings is 1. The highest BCUT2D eigenvalue weighted by atomic mass is 28.3. The number of benzene rings is 6. The van der Waals surface area contributed by atoms with E-state index in [1.807, 2.05) is 40.8 Å². The molecular formula is C56H58N4OSi2. The summed E-state index contributed by atoms with van der Waals surface area (Å²) in [5.41, 5.74) is 16.7. The molecule has 0 atom stereocenters. The van der Waals surface area contributed by atoms with Crippen LogP contribution in [0.4, 0.5) is 0 Å². The van der Waals surface area contributed by atoms with Crippen molar-refractivity contribution < 1.29 is 0 Å². The second-order valence-corrected chi connectivity index (χ2v) is 30.8. The SMILES string of the molecule is CC(C)[Si](C#Cc1c2nc3c4ccccc4c4ccccc4c3nc2c(C#C[Si](C(C)C)(C(C)C)C(C)C)c2c1nc1c3ccccc3c3ccccc3c(=O)n12)(C(C)C)C(C)C. The summed E-state index contributed by atoms with van der Waals surface area (Å²) >= 11 is 0. The van der Waals surface area contributed by atoms with Crippen LogP contribution in [-0.4, -0.2) is 35.5 Å². The summed E-state index contributed by atoms with van der Waals surface area (Å²) in [6.07, 6.45) is 0. The van der Waals surface area contributed by atoms with Crippen molar-refractivity contribution in [2.24, 2.45) is 0 Å². The zero-order valence-electron chi connectivity index (χ0n) is 38.9. The van der Waals surface area contributed by atoms with Gasteiger partial charge < -0.3 is 0 Å². The van der Waals surface area contributed by atoms with E-state index in [0.717, 1.165) is 54.3 Å². The first-order valence-electron chi connectivity index (χ1n) is 22.9. The van der Waals surface area contributed by atoms with Crippen LogP contribution < -0.4 is 5.56 Å². The molecule has 0 amide bonds. The highest BCUT2D eigenvalue weighted by Gasteiger charge is 2.43. The Bertz CT molecular complexity index is 3500. The minimum absolute atomic E-state index is 0.138. The molecule has 0 spiro atoms. The maximum absolute atomic E-state index is 15.5. The zero-order valence-corrected chi connectivity index (χ0v) is 40.9. The number of hydrogen-bond acceptors (Lipinski definition) is 4. The van der Waals surface area contributed by atoms with Crippen molar-refractivity contribution >= 4 is 98.0 Å². The maximum Gasteiger partial charge on any atom is 0.264 e. The first kappa shape index (κ1) is 42.4.